The number of hydrogen-bond acceptors (Lipinski definition) is 4. The first-order valence-corrected chi connectivity index (χ1v) is 13.9. The van der Waals surface area contributed by atoms with Crippen molar-refractivity contribution < 1.29 is 19.1 Å². The minimum absolute atomic E-state index is 0.115. The van der Waals surface area contributed by atoms with Crippen molar-refractivity contribution in [1.82, 2.24) is 15.5 Å². The number of aryl methyl sites for hydroxylation is 2. The third-order valence-electron chi connectivity index (χ3n) is 7.29. The Labute approximate surface area is 224 Å². The summed E-state index contributed by atoms with van der Waals surface area (Å²) in [5.41, 5.74) is 2.28. The fraction of sp³-hybridized carbons (Fsp3) is 0.700. The summed E-state index contributed by atoms with van der Waals surface area (Å²) in [5, 5.41) is 6.07. The quantitative estimate of drug-likeness (QED) is 0.424. The van der Waals surface area contributed by atoms with Gasteiger partial charge in [0.15, 0.2) is 0 Å². The molecule has 2 rings (SSSR count). The van der Waals surface area contributed by atoms with Gasteiger partial charge in [-0.05, 0) is 83.9 Å². The molecule has 0 bridgehead atoms. The number of nitrogens with zero attached hydrogens (tertiary/aromatic N) is 1. The third-order valence-corrected chi connectivity index (χ3v) is 7.29. The molecule has 0 aromatic heterocycles. The minimum atomic E-state index is -0.821. The van der Waals surface area contributed by atoms with Crippen LogP contribution in [0.25, 0.3) is 0 Å². The van der Waals surface area contributed by atoms with Crippen LogP contribution in [0.2, 0.25) is 0 Å². The van der Waals surface area contributed by atoms with Crippen LogP contribution < -0.4 is 10.6 Å². The van der Waals surface area contributed by atoms with Gasteiger partial charge in [0.25, 0.3) is 0 Å². The summed E-state index contributed by atoms with van der Waals surface area (Å²) in [6.07, 6.45) is 5.35. The van der Waals surface area contributed by atoms with Gasteiger partial charge < -0.3 is 20.3 Å². The van der Waals surface area contributed by atoms with E-state index in [0.717, 1.165) is 42.4 Å². The molecule has 1 fully saturated rings. The highest BCUT2D eigenvalue weighted by molar-refractivity contribution is 5.92. The van der Waals surface area contributed by atoms with E-state index in [9.17, 15) is 14.4 Å². The Bertz CT molecular complexity index is 931. The van der Waals surface area contributed by atoms with E-state index in [2.05, 4.69) is 10.6 Å². The van der Waals surface area contributed by atoms with Crippen LogP contribution in [0.15, 0.2) is 18.2 Å². The molecule has 1 aromatic rings. The van der Waals surface area contributed by atoms with Crippen molar-refractivity contribution in [2.24, 2.45) is 5.92 Å². The standard InChI is InChI=1S/C30H49N3O4/c1-10-20(4)25(32-29(36)37-30(7,8)9)28(35)33(19(2)3)26(23-17-16-21(5)22(6)18-23)27(34)31-24-14-12-11-13-15-24/h16-20,24-26H,10-15H2,1-9H3,(H,31,34)(H,32,36). The predicted octanol–water partition coefficient (Wildman–Crippen LogP) is 5.97. The number of hydrogen-bond donors (Lipinski definition) is 2. The van der Waals surface area contributed by atoms with Gasteiger partial charge in [-0.3, -0.25) is 9.59 Å². The Hall–Kier alpha value is -2.57. The molecule has 208 valence electrons. The van der Waals surface area contributed by atoms with Gasteiger partial charge in [-0.25, -0.2) is 4.79 Å². The van der Waals surface area contributed by atoms with Gasteiger partial charge in [-0.15, -0.1) is 0 Å². The molecule has 0 saturated heterocycles. The second kappa shape index (κ2) is 13.3. The lowest BCUT2D eigenvalue weighted by atomic mass is 9.92. The molecule has 3 unspecified atom stereocenters. The summed E-state index contributed by atoms with van der Waals surface area (Å²) in [7, 11) is 0. The molecular weight excluding hydrogens is 466 g/mol. The van der Waals surface area contributed by atoms with Gasteiger partial charge in [0.05, 0.1) is 0 Å². The number of ether oxygens (including phenoxy) is 1. The van der Waals surface area contributed by atoms with Gasteiger partial charge in [0, 0.05) is 12.1 Å². The van der Waals surface area contributed by atoms with Crippen molar-refractivity contribution in [2.75, 3.05) is 0 Å². The van der Waals surface area contributed by atoms with Crippen molar-refractivity contribution in [3.05, 3.63) is 34.9 Å². The van der Waals surface area contributed by atoms with Crippen LogP contribution in [0.5, 0.6) is 0 Å². The predicted molar refractivity (Wildman–Crippen MR) is 148 cm³/mol. The monoisotopic (exact) mass is 515 g/mol. The first-order chi connectivity index (χ1) is 17.2. The van der Waals surface area contributed by atoms with E-state index in [1.165, 1.54) is 6.42 Å². The summed E-state index contributed by atoms with van der Waals surface area (Å²) in [5.74, 6) is -0.599. The Morgan fingerprint density at radius 3 is 2.16 bits per heavy atom. The number of rotatable bonds is 9. The molecule has 1 aliphatic rings. The highest BCUT2D eigenvalue weighted by atomic mass is 16.6. The molecule has 3 amide bonds. The number of nitrogens with one attached hydrogen (secondary N) is 2. The largest absolute Gasteiger partial charge is 0.444 e. The van der Waals surface area contributed by atoms with E-state index in [4.69, 9.17) is 4.74 Å². The average Bonchev–Trinajstić information content (AvgIpc) is 2.81. The summed E-state index contributed by atoms with van der Waals surface area (Å²) in [6.45, 7) is 17.2. The van der Waals surface area contributed by atoms with Crippen LogP contribution in [0.4, 0.5) is 4.79 Å². The molecular formula is C30H49N3O4. The molecule has 7 nitrogen and oxygen atoms in total. The Kier molecular flexibility index (Phi) is 11.0. The molecule has 0 radical (unpaired) electrons. The fourth-order valence-corrected chi connectivity index (χ4v) is 4.86. The molecule has 0 aliphatic heterocycles. The zero-order valence-corrected chi connectivity index (χ0v) is 24.4. The van der Waals surface area contributed by atoms with Crippen molar-refractivity contribution in [2.45, 2.75) is 131 Å². The van der Waals surface area contributed by atoms with Crippen molar-refractivity contribution in [3.63, 3.8) is 0 Å². The van der Waals surface area contributed by atoms with E-state index in [0.29, 0.717) is 6.42 Å². The molecule has 37 heavy (non-hydrogen) atoms. The maximum atomic E-state index is 14.2. The lowest BCUT2D eigenvalue weighted by Crippen LogP contribution is -2.57. The summed E-state index contributed by atoms with van der Waals surface area (Å²) in [6, 6.07) is 4.16. The maximum Gasteiger partial charge on any atom is 0.408 e. The maximum absolute atomic E-state index is 14.2. The van der Waals surface area contributed by atoms with Crippen LogP contribution >= 0.6 is 0 Å². The van der Waals surface area contributed by atoms with Gasteiger partial charge in [-0.1, -0.05) is 57.7 Å². The normalized spacial score (nSPS) is 17.0. The fourth-order valence-electron chi connectivity index (χ4n) is 4.86. The van der Waals surface area contributed by atoms with Crippen LogP contribution in [-0.2, 0) is 14.3 Å². The first-order valence-electron chi connectivity index (χ1n) is 13.9. The number of carbonyl (C=O) groups excluding carboxylic acids is 3. The van der Waals surface area contributed by atoms with Crippen molar-refractivity contribution in [1.29, 1.82) is 0 Å². The van der Waals surface area contributed by atoms with Crippen molar-refractivity contribution >= 4 is 17.9 Å². The Morgan fingerprint density at radius 1 is 1.03 bits per heavy atom. The van der Waals surface area contributed by atoms with E-state index >= 15 is 0 Å². The summed E-state index contributed by atoms with van der Waals surface area (Å²) >= 11 is 0. The SMILES string of the molecule is CCC(C)C(NC(=O)OC(C)(C)C)C(=O)N(C(C)C)C(C(=O)NC1CCCCC1)c1ccc(C)c(C)c1. The van der Waals surface area contributed by atoms with Gasteiger partial charge >= 0.3 is 6.09 Å². The first kappa shape index (κ1) is 30.7. The number of amides is 3. The molecule has 2 N–H and O–H groups in total. The van der Waals surface area contributed by atoms with Gasteiger partial charge in [-0.2, -0.15) is 0 Å². The zero-order valence-electron chi connectivity index (χ0n) is 24.4. The second-order valence-corrected chi connectivity index (χ2v) is 11.9. The van der Waals surface area contributed by atoms with Crippen LogP contribution in [0.1, 0.15) is 110 Å². The second-order valence-electron chi connectivity index (χ2n) is 11.9. The molecule has 1 aliphatic carbocycles. The van der Waals surface area contributed by atoms with Gasteiger partial charge in [0.2, 0.25) is 11.8 Å². The lowest BCUT2D eigenvalue weighted by molar-refractivity contribution is -0.146. The minimum Gasteiger partial charge on any atom is -0.444 e. The lowest BCUT2D eigenvalue weighted by Gasteiger charge is -2.39. The average molecular weight is 516 g/mol. The molecule has 1 aromatic carbocycles. The third kappa shape index (κ3) is 8.75. The van der Waals surface area contributed by atoms with Crippen LogP contribution in [0, 0.1) is 19.8 Å². The Morgan fingerprint density at radius 2 is 1.65 bits per heavy atom. The summed E-state index contributed by atoms with van der Waals surface area (Å²) in [4.78, 5) is 42.5. The molecule has 3 atom stereocenters. The molecule has 0 heterocycles. The topological polar surface area (TPSA) is 87.7 Å². The number of alkyl carbamates (subject to hydrolysis) is 1. The van der Waals surface area contributed by atoms with E-state index in [1.807, 2.05) is 59.7 Å². The molecule has 7 heteroatoms. The van der Waals surface area contributed by atoms with E-state index in [-0.39, 0.29) is 29.8 Å². The number of carbonyl (C=O) groups is 3. The smallest absolute Gasteiger partial charge is 0.408 e. The molecule has 0 spiro atoms. The Balaban J connectivity index is 2.49. The number of benzene rings is 1. The van der Waals surface area contributed by atoms with Gasteiger partial charge in [0.1, 0.15) is 17.7 Å². The van der Waals surface area contributed by atoms with Crippen LogP contribution in [0.3, 0.4) is 0 Å². The summed E-state index contributed by atoms with van der Waals surface area (Å²) < 4.78 is 5.48. The van der Waals surface area contributed by atoms with Crippen molar-refractivity contribution in [3.8, 4) is 0 Å². The zero-order chi connectivity index (χ0) is 27.9. The highest BCUT2D eigenvalue weighted by Gasteiger charge is 2.40. The van der Waals surface area contributed by atoms with E-state index < -0.39 is 23.8 Å². The van der Waals surface area contributed by atoms with E-state index in [1.54, 1.807) is 25.7 Å². The van der Waals surface area contributed by atoms with Crippen LogP contribution in [-0.4, -0.2) is 46.5 Å². The molecule has 1 saturated carbocycles. The highest BCUT2D eigenvalue weighted by Crippen LogP contribution is 2.29.